The number of anilines is 4. The molecule has 1 fully saturated rings. The lowest BCUT2D eigenvalue weighted by Crippen LogP contribution is -2.57. The summed E-state index contributed by atoms with van der Waals surface area (Å²) in [6, 6.07) is 12.7. The van der Waals surface area contributed by atoms with Crippen LogP contribution in [-0.4, -0.2) is 48.5 Å². The lowest BCUT2D eigenvalue weighted by atomic mass is 10.1. The van der Waals surface area contributed by atoms with E-state index in [2.05, 4.69) is 15.3 Å². The maximum Gasteiger partial charge on any atom is 0.282 e. The zero-order valence-electron chi connectivity index (χ0n) is 15.5. The summed E-state index contributed by atoms with van der Waals surface area (Å²) in [7, 11) is 1.55. The number of hydrogen-bond donors (Lipinski definition) is 1. The van der Waals surface area contributed by atoms with E-state index in [4.69, 9.17) is 4.74 Å². The number of hydrogen-bond acceptors (Lipinski definition) is 6. The lowest BCUT2D eigenvalue weighted by molar-refractivity contribution is -0.115. The van der Waals surface area contributed by atoms with Gasteiger partial charge in [0.25, 0.3) is 5.92 Å². The zero-order chi connectivity index (χ0) is 20.2. The highest BCUT2D eigenvalue weighted by Crippen LogP contribution is 2.40. The normalized spacial score (nSPS) is 17.6. The molecule has 0 aliphatic carbocycles. The molecule has 0 radical (unpaired) electrons. The number of benzene rings is 2. The Kier molecular flexibility index (Phi) is 3.80. The first-order valence-corrected chi connectivity index (χ1v) is 9.08. The van der Waals surface area contributed by atoms with Crippen molar-refractivity contribution in [1.29, 1.82) is 0 Å². The van der Waals surface area contributed by atoms with Crippen molar-refractivity contribution < 1.29 is 18.3 Å². The fraction of sp³-hybridized carbons (Fsp3) is 0.250. The van der Waals surface area contributed by atoms with Gasteiger partial charge >= 0.3 is 0 Å². The van der Waals surface area contributed by atoms with Crippen molar-refractivity contribution in [1.82, 2.24) is 9.97 Å². The van der Waals surface area contributed by atoms with Gasteiger partial charge in [0.15, 0.2) is 0 Å². The van der Waals surface area contributed by atoms with Crippen LogP contribution < -0.4 is 19.9 Å². The number of carbonyl (C=O) groups excluding carboxylic acids is 1. The minimum Gasteiger partial charge on any atom is -0.497 e. The van der Waals surface area contributed by atoms with Crippen molar-refractivity contribution >= 4 is 40.0 Å². The van der Waals surface area contributed by atoms with Gasteiger partial charge in [0.2, 0.25) is 11.9 Å². The predicted molar refractivity (Wildman–Crippen MR) is 105 cm³/mol. The summed E-state index contributed by atoms with van der Waals surface area (Å²) >= 11 is 0. The first kappa shape index (κ1) is 17.6. The Labute approximate surface area is 164 Å². The van der Waals surface area contributed by atoms with Gasteiger partial charge in [-0.1, -0.05) is 12.1 Å². The van der Waals surface area contributed by atoms with Gasteiger partial charge in [-0.2, -0.15) is 4.98 Å². The number of nitrogens with zero attached hydrogens (tertiary/aromatic N) is 4. The molecule has 1 aromatic heterocycles. The molecule has 2 aliphatic heterocycles. The number of fused-ring (bicyclic) bond motifs is 2. The first-order chi connectivity index (χ1) is 13.9. The van der Waals surface area contributed by atoms with Crippen molar-refractivity contribution in [3.8, 4) is 5.75 Å². The summed E-state index contributed by atoms with van der Waals surface area (Å²) in [6.07, 6.45) is 0. The number of ether oxygens (including phenoxy) is 1. The van der Waals surface area contributed by atoms with E-state index in [0.717, 1.165) is 11.1 Å². The Balaban J connectivity index is 1.66. The predicted octanol–water partition coefficient (Wildman–Crippen LogP) is 3.18. The Morgan fingerprint density at radius 2 is 1.93 bits per heavy atom. The van der Waals surface area contributed by atoms with Crippen LogP contribution in [0.4, 0.5) is 31.9 Å². The number of alkyl halides is 2. The topological polar surface area (TPSA) is 70.6 Å². The highest BCUT2D eigenvalue weighted by atomic mass is 19.3. The van der Waals surface area contributed by atoms with Gasteiger partial charge in [-0.15, -0.1) is 0 Å². The molecule has 0 saturated carbocycles. The van der Waals surface area contributed by atoms with Gasteiger partial charge in [-0.3, -0.25) is 4.79 Å². The lowest BCUT2D eigenvalue weighted by Gasteiger charge is -2.39. The second-order valence-electron chi connectivity index (χ2n) is 7.09. The third-order valence-corrected chi connectivity index (χ3v) is 5.02. The van der Waals surface area contributed by atoms with Crippen LogP contribution in [0, 0.1) is 0 Å². The van der Waals surface area contributed by atoms with Crippen molar-refractivity contribution in [3.05, 3.63) is 42.5 Å². The zero-order valence-corrected chi connectivity index (χ0v) is 15.5. The van der Waals surface area contributed by atoms with Crippen molar-refractivity contribution in [3.63, 3.8) is 0 Å². The smallest absolute Gasteiger partial charge is 0.282 e. The Morgan fingerprint density at radius 1 is 1.14 bits per heavy atom. The molecule has 0 spiro atoms. The van der Waals surface area contributed by atoms with E-state index < -0.39 is 19.0 Å². The number of carbonyl (C=O) groups is 1. The monoisotopic (exact) mass is 397 g/mol. The highest BCUT2D eigenvalue weighted by Gasteiger charge is 2.45. The molecule has 1 amide bonds. The van der Waals surface area contributed by atoms with E-state index >= 15 is 0 Å². The van der Waals surface area contributed by atoms with Gasteiger partial charge in [0, 0.05) is 11.5 Å². The van der Waals surface area contributed by atoms with E-state index in [0.29, 0.717) is 22.8 Å². The fourth-order valence-electron chi connectivity index (χ4n) is 3.63. The minimum atomic E-state index is -2.73. The summed E-state index contributed by atoms with van der Waals surface area (Å²) in [6.45, 7) is -0.784. The number of aromatic nitrogens is 2. The molecule has 3 aromatic rings. The fourth-order valence-corrected chi connectivity index (χ4v) is 3.63. The average Bonchev–Trinajstić information content (AvgIpc) is 2.70. The van der Waals surface area contributed by atoms with Gasteiger partial charge in [-0.25, -0.2) is 13.8 Å². The molecular weight excluding hydrogens is 380 g/mol. The third-order valence-electron chi connectivity index (χ3n) is 5.02. The molecule has 2 aromatic carbocycles. The number of halogens is 2. The number of para-hydroxylation sites is 1. The largest absolute Gasteiger partial charge is 0.497 e. The molecule has 1 N–H and O–H groups in total. The number of rotatable bonds is 3. The van der Waals surface area contributed by atoms with E-state index in [1.165, 1.54) is 4.90 Å². The maximum absolute atomic E-state index is 13.4. The maximum atomic E-state index is 13.4. The van der Waals surface area contributed by atoms with Crippen LogP contribution in [0.5, 0.6) is 5.75 Å². The molecule has 0 unspecified atom stereocenters. The van der Waals surface area contributed by atoms with Crippen molar-refractivity contribution in [2.24, 2.45) is 0 Å². The molecule has 5 rings (SSSR count). The first-order valence-electron chi connectivity index (χ1n) is 9.08. The molecule has 0 bridgehead atoms. The molecule has 2 aliphatic rings. The van der Waals surface area contributed by atoms with Gasteiger partial charge in [0.1, 0.15) is 18.1 Å². The summed E-state index contributed by atoms with van der Waals surface area (Å²) < 4.78 is 32.0. The van der Waals surface area contributed by atoms with Crippen LogP contribution in [0.25, 0.3) is 10.9 Å². The number of methoxy groups -OCH3 is 1. The average molecular weight is 397 g/mol. The summed E-state index contributed by atoms with van der Waals surface area (Å²) in [5.41, 5.74) is 1.97. The van der Waals surface area contributed by atoms with Gasteiger partial charge < -0.3 is 19.9 Å². The van der Waals surface area contributed by atoms with Gasteiger partial charge in [0.05, 0.1) is 37.1 Å². The highest BCUT2D eigenvalue weighted by molar-refractivity contribution is 6.06. The second-order valence-corrected chi connectivity index (χ2v) is 7.09. The molecule has 148 valence electrons. The molecule has 0 atom stereocenters. The second kappa shape index (κ2) is 6.26. The van der Waals surface area contributed by atoms with Crippen LogP contribution in [0.3, 0.4) is 0 Å². The Hall–Kier alpha value is -3.49. The van der Waals surface area contributed by atoms with E-state index in [-0.39, 0.29) is 18.4 Å². The van der Waals surface area contributed by atoms with Crippen molar-refractivity contribution in [2.45, 2.75) is 5.92 Å². The van der Waals surface area contributed by atoms with Crippen LogP contribution in [0.1, 0.15) is 0 Å². The van der Waals surface area contributed by atoms with Crippen LogP contribution in [-0.2, 0) is 4.79 Å². The van der Waals surface area contributed by atoms with E-state index in [1.54, 1.807) is 30.2 Å². The Bertz CT molecular complexity index is 1130. The molecule has 29 heavy (non-hydrogen) atoms. The Morgan fingerprint density at radius 3 is 2.69 bits per heavy atom. The number of nitrogens with one attached hydrogen (secondary N) is 1. The third kappa shape index (κ3) is 2.98. The van der Waals surface area contributed by atoms with Crippen LogP contribution >= 0.6 is 0 Å². The molecule has 1 saturated heterocycles. The standard InChI is InChI=1S/C20H17F2N5O2/c1-29-12-6-7-16-15(8-12)23-17(28)9-27(16)18-13-4-2-3-5-14(13)24-19(25-18)26-10-20(21,22)11-26/h2-8H,9-11H2,1H3,(H,23,28). The summed E-state index contributed by atoms with van der Waals surface area (Å²) in [5, 5.41) is 3.58. The van der Waals surface area contributed by atoms with Crippen LogP contribution in [0.15, 0.2) is 42.5 Å². The summed E-state index contributed by atoms with van der Waals surface area (Å²) in [5.74, 6) is -1.59. The van der Waals surface area contributed by atoms with Gasteiger partial charge in [-0.05, 0) is 24.3 Å². The SMILES string of the molecule is COc1ccc2c(c1)NC(=O)CN2c1nc(N2CC(F)(F)C2)nc2ccccc12. The molecular formula is C20H17F2N5O2. The van der Waals surface area contributed by atoms with Crippen LogP contribution in [0.2, 0.25) is 0 Å². The molecule has 9 heteroatoms. The number of amides is 1. The molecule has 3 heterocycles. The van der Waals surface area contributed by atoms with Crippen molar-refractivity contribution in [2.75, 3.05) is 41.9 Å². The molecule has 7 nitrogen and oxygen atoms in total. The van der Waals surface area contributed by atoms with E-state index in [1.807, 2.05) is 24.3 Å². The quantitative estimate of drug-likeness (QED) is 0.732. The van der Waals surface area contributed by atoms with E-state index in [9.17, 15) is 13.6 Å². The minimum absolute atomic E-state index is 0.0515. The summed E-state index contributed by atoms with van der Waals surface area (Å²) in [4.78, 5) is 24.6.